The molecule has 1 aromatic heterocycles. The second-order valence-electron chi connectivity index (χ2n) is 4.28. The van der Waals surface area contributed by atoms with Crippen LogP contribution >= 0.6 is 0 Å². The van der Waals surface area contributed by atoms with E-state index >= 15 is 0 Å². The van der Waals surface area contributed by atoms with Crippen LogP contribution in [0.4, 0.5) is 4.39 Å². The molecular formula is C12H13FN2O2. The fourth-order valence-electron chi connectivity index (χ4n) is 2.42. The molecule has 1 fully saturated rings. The number of nitrogens with zero attached hydrogens (tertiary/aromatic N) is 1. The van der Waals surface area contributed by atoms with Gasteiger partial charge in [0.25, 0.3) is 0 Å². The van der Waals surface area contributed by atoms with Crippen molar-refractivity contribution in [1.29, 1.82) is 0 Å². The number of halogens is 1. The van der Waals surface area contributed by atoms with Crippen molar-refractivity contribution in [3.63, 3.8) is 0 Å². The molecular weight excluding hydrogens is 223 g/mol. The first-order valence-corrected chi connectivity index (χ1v) is 5.74. The molecule has 1 aromatic carbocycles. The van der Waals surface area contributed by atoms with Gasteiger partial charge >= 0.3 is 5.69 Å². The maximum absolute atomic E-state index is 13.5. The van der Waals surface area contributed by atoms with Gasteiger partial charge in [-0.1, -0.05) is 6.07 Å². The zero-order chi connectivity index (χ0) is 11.8. The summed E-state index contributed by atoms with van der Waals surface area (Å²) in [6.07, 6.45) is 1.59. The Labute approximate surface area is 97.0 Å². The molecule has 1 aliphatic rings. The second kappa shape index (κ2) is 4.00. The summed E-state index contributed by atoms with van der Waals surface area (Å²) < 4.78 is 20.5. The van der Waals surface area contributed by atoms with Crippen molar-refractivity contribution in [2.75, 3.05) is 13.2 Å². The number of hydrogen-bond acceptors (Lipinski definition) is 2. The van der Waals surface area contributed by atoms with Crippen LogP contribution in [-0.2, 0) is 4.74 Å². The molecule has 90 valence electrons. The highest BCUT2D eigenvalue weighted by atomic mass is 19.1. The summed E-state index contributed by atoms with van der Waals surface area (Å²) in [5.74, 6) is -0.384. The standard InChI is InChI=1S/C12H13FN2O2/c13-9-2-1-3-10-11(9)14-12(16)15(10)8-4-6-17-7-5-8/h1-3,8H,4-7H2,(H,14,16). The Bertz CT molecular complexity index is 596. The van der Waals surface area contributed by atoms with Crippen LogP contribution in [0.5, 0.6) is 0 Å². The Morgan fingerprint density at radius 3 is 2.88 bits per heavy atom. The van der Waals surface area contributed by atoms with E-state index in [1.165, 1.54) is 6.07 Å². The summed E-state index contributed by atoms with van der Waals surface area (Å²) in [6.45, 7) is 1.30. The zero-order valence-corrected chi connectivity index (χ0v) is 9.28. The fourth-order valence-corrected chi connectivity index (χ4v) is 2.42. The van der Waals surface area contributed by atoms with Crippen LogP contribution < -0.4 is 5.69 Å². The number of nitrogens with one attached hydrogen (secondary N) is 1. The minimum Gasteiger partial charge on any atom is -0.381 e. The molecule has 0 spiro atoms. The monoisotopic (exact) mass is 236 g/mol. The molecule has 0 bridgehead atoms. The van der Waals surface area contributed by atoms with E-state index < -0.39 is 0 Å². The Morgan fingerprint density at radius 1 is 1.35 bits per heavy atom. The molecule has 0 saturated carbocycles. The van der Waals surface area contributed by atoms with Gasteiger partial charge in [-0.25, -0.2) is 9.18 Å². The molecule has 3 rings (SSSR count). The topological polar surface area (TPSA) is 47.0 Å². The summed E-state index contributed by atoms with van der Waals surface area (Å²) in [4.78, 5) is 14.5. The van der Waals surface area contributed by atoms with Crippen molar-refractivity contribution >= 4 is 11.0 Å². The summed E-state index contributed by atoms with van der Waals surface area (Å²) in [5, 5.41) is 0. The van der Waals surface area contributed by atoms with Gasteiger partial charge in [0.2, 0.25) is 0 Å². The number of hydrogen-bond donors (Lipinski definition) is 1. The highest BCUT2D eigenvalue weighted by molar-refractivity contribution is 5.75. The van der Waals surface area contributed by atoms with Crippen LogP contribution in [0, 0.1) is 5.82 Å². The minimum absolute atomic E-state index is 0.104. The smallest absolute Gasteiger partial charge is 0.326 e. The van der Waals surface area contributed by atoms with Crippen LogP contribution in [0.3, 0.4) is 0 Å². The van der Waals surface area contributed by atoms with Crippen molar-refractivity contribution in [2.45, 2.75) is 18.9 Å². The molecule has 0 atom stereocenters. The molecule has 5 heteroatoms. The van der Waals surface area contributed by atoms with Crippen molar-refractivity contribution in [3.05, 3.63) is 34.5 Å². The molecule has 2 aromatic rings. The van der Waals surface area contributed by atoms with Gasteiger partial charge in [-0.3, -0.25) is 4.57 Å². The number of benzene rings is 1. The minimum atomic E-state index is -0.384. The van der Waals surface area contributed by atoms with Crippen molar-refractivity contribution in [2.24, 2.45) is 0 Å². The average molecular weight is 236 g/mol. The van der Waals surface area contributed by atoms with Crippen molar-refractivity contribution in [3.8, 4) is 0 Å². The van der Waals surface area contributed by atoms with Crippen LogP contribution in [0.15, 0.2) is 23.0 Å². The van der Waals surface area contributed by atoms with Gasteiger partial charge in [0.05, 0.1) is 5.52 Å². The molecule has 1 saturated heterocycles. The van der Waals surface area contributed by atoms with E-state index in [1.54, 1.807) is 16.7 Å². The van der Waals surface area contributed by atoms with Crippen LogP contribution in [0.1, 0.15) is 18.9 Å². The van der Waals surface area contributed by atoms with E-state index in [0.717, 1.165) is 12.8 Å². The molecule has 0 amide bonds. The molecule has 0 radical (unpaired) electrons. The summed E-state index contributed by atoms with van der Waals surface area (Å²) in [5.41, 5.74) is 0.697. The Kier molecular flexibility index (Phi) is 2.48. The molecule has 0 unspecified atom stereocenters. The molecule has 1 N–H and O–H groups in total. The Morgan fingerprint density at radius 2 is 2.12 bits per heavy atom. The van der Waals surface area contributed by atoms with Gasteiger partial charge in [-0.15, -0.1) is 0 Å². The molecule has 17 heavy (non-hydrogen) atoms. The third-order valence-electron chi connectivity index (χ3n) is 3.26. The molecule has 2 heterocycles. The van der Waals surface area contributed by atoms with Gasteiger partial charge in [-0.2, -0.15) is 0 Å². The van der Waals surface area contributed by atoms with E-state index in [9.17, 15) is 9.18 Å². The maximum Gasteiger partial charge on any atom is 0.326 e. The van der Waals surface area contributed by atoms with E-state index in [1.807, 2.05) is 0 Å². The van der Waals surface area contributed by atoms with Gasteiger partial charge < -0.3 is 9.72 Å². The van der Waals surface area contributed by atoms with Crippen molar-refractivity contribution < 1.29 is 9.13 Å². The van der Waals surface area contributed by atoms with E-state index in [2.05, 4.69) is 4.98 Å². The summed E-state index contributed by atoms with van der Waals surface area (Å²) in [7, 11) is 0. The van der Waals surface area contributed by atoms with E-state index in [0.29, 0.717) is 24.2 Å². The van der Waals surface area contributed by atoms with Gasteiger partial charge in [-0.05, 0) is 25.0 Å². The molecule has 1 aliphatic heterocycles. The van der Waals surface area contributed by atoms with E-state index in [-0.39, 0.29) is 17.5 Å². The first-order chi connectivity index (χ1) is 8.27. The lowest BCUT2D eigenvalue weighted by atomic mass is 10.1. The van der Waals surface area contributed by atoms with Crippen LogP contribution in [0.25, 0.3) is 11.0 Å². The van der Waals surface area contributed by atoms with Gasteiger partial charge in [0, 0.05) is 19.3 Å². The van der Waals surface area contributed by atoms with Gasteiger partial charge in [0.15, 0.2) is 0 Å². The fraction of sp³-hybridized carbons (Fsp3) is 0.417. The molecule has 4 nitrogen and oxygen atoms in total. The number of rotatable bonds is 1. The SMILES string of the molecule is O=c1[nH]c2c(F)cccc2n1C1CCOCC1. The third kappa shape index (κ3) is 1.67. The average Bonchev–Trinajstić information content (AvgIpc) is 2.68. The number of aromatic amines is 1. The lowest BCUT2D eigenvalue weighted by Crippen LogP contribution is -2.27. The van der Waals surface area contributed by atoms with Gasteiger partial charge in [0.1, 0.15) is 11.3 Å². The highest BCUT2D eigenvalue weighted by Gasteiger charge is 2.20. The lowest BCUT2D eigenvalue weighted by Gasteiger charge is -2.23. The Balaban J connectivity index is 2.18. The van der Waals surface area contributed by atoms with Crippen LogP contribution in [-0.4, -0.2) is 22.8 Å². The van der Waals surface area contributed by atoms with E-state index in [4.69, 9.17) is 4.74 Å². The first kappa shape index (κ1) is 10.5. The molecule has 0 aliphatic carbocycles. The number of H-pyrrole nitrogens is 1. The summed E-state index contributed by atoms with van der Waals surface area (Å²) in [6, 6.07) is 4.85. The quantitative estimate of drug-likeness (QED) is 0.821. The summed E-state index contributed by atoms with van der Waals surface area (Å²) >= 11 is 0. The lowest BCUT2D eigenvalue weighted by molar-refractivity contribution is 0.0698. The predicted octanol–water partition coefficient (Wildman–Crippen LogP) is 1.82. The first-order valence-electron chi connectivity index (χ1n) is 5.74. The maximum atomic E-state index is 13.5. The third-order valence-corrected chi connectivity index (χ3v) is 3.26. The number of imidazole rings is 1. The number of ether oxygens (including phenoxy) is 1. The normalized spacial score (nSPS) is 17.7. The number of fused-ring (bicyclic) bond motifs is 1. The Hall–Kier alpha value is -1.62. The number of aromatic nitrogens is 2. The van der Waals surface area contributed by atoms with Crippen LogP contribution in [0.2, 0.25) is 0 Å². The largest absolute Gasteiger partial charge is 0.381 e. The second-order valence-corrected chi connectivity index (χ2v) is 4.28. The zero-order valence-electron chi connectivity index (χ0n) is 9.28. The predicted molar refractivity (Wildman–Crippen MR) is 61.6 cm³/mol. The highest BCUT2D eigenvalue weighted by Crippen LogP contribution is 2.24. The van der Waals surface area contributed by atoms with Crippen molar-refractivity contribution in [1.82, 2.24) is 9.55 Å². The number of para-hydroxylation sites is 1.